The van der Waals surface area contributed by atoms with Gasteiger partial charge in [-0.2, -0.15) is 13.2 Å². The molecule has 1 amide bonds. The molecule has 0 aromatic heterocycles. The minimum atomic E-state index is -4.38. The van der Waals surface area contributed by atoms with Crippen LogP contribution in [0.25, 0.3) is 0 Å². The first-order valence-corrected chi connectivity index (χ1v) is 4.55. The van der Waals surface area contributed by atoms with Gasteiger partial charge in [0.2, 0.25) is 5.91 Å². The standard InChI is InChI=1S/C8H13F3N2O2/c9-8(10,11)6-3-13(7(15)1-12)2-5(6)4-14/h5-6,14H,1-4,12H2/t5-,6-/m1/s1. The van der Waals surface area contributed by atoms with Crippen molar-refractivity contribution in [3.8, 4) is 0 Å². The number of nitrogens with two attached hydrogens (primary N) is 1. The van der Waals surface area contributed by atoms with Gasteiger partial charge in [0.1, 0.15) is 0 Å². The molecule has 0 aromatic rings. The Kier molecular flexibility index (Phi) is 3.56. The maximum absolute atomic E-state index is 12.5. The summed E-state index contributed by atoms with van der Waals surface area (Å²) in [6.45, 7) is -1.34. The Labute approximate surface area is 84.8 Å². The molecule has 1 aliphatic heterocycles. The number of aliphatic hydroxyl groups is 1. The van der Waals surface area contributed by atoms with Crippen LogP contribution in [0.1, 0.15) is 0 Å². The van der Waals surface area contributed by atoms with E-state index in [0.717, 1.165) is 4.90 Å². The smallest absolute Gasteiger partial charge is 0.393 e. The lowest BCUT2D eigenvalue weighted by atomic mass is 9.97. The van der Waals surface area contributed by atoms with Gasteiger partial charge < -0.3 is 15.7 Å². The monoisotopic (exact) mass is 226 g/mol. The fraction of sp³-hybridized carbons (Fsp3) is 0.875. The molecule has 0 aromatic carbocycles. The highest BCUT2D eigenvalue weighted by molar-refractivity contribution is 5.78. The van der Waals surface area contributed by atoms with Gasteiger partial charge in [0.15, 0.2) is 0 Å². The number of rotatable bonds is 2. The highest BCUT2D eigenvalue weighted by Gasteiger charge is 2.50. The second-order valence-corrected chi connectivity index (χ2v) is 3.59. The third-order valence-corrected chi connectivity index (χ3v) is 2.62. The first-order valence-electron chi connectivity index (χ1n) is 4.55. The second kappa shape index (κ2) is 4.36. The van der Waals surface area contributed by atoms with Crippen molar-refractivity contribution in [3.63, 3.8) is 0 Å². The van der Waals surface area contributed by atoms with Gasteiger partial charge in [0.05, 0.1) is 12.5 Å². The van der Waals surface area contributed by atoms with Crippen molar-refractivity contribution in [2.45, 2.75) is 6.18 Å². The topological polar surface area (TPSA) is 66.6 Å². The van der Waals surface area contributed by atoms with E-state index in [-0.39, 0.29) is 13.1 Å². The molecule has 1 fully saturated rings. The zero-order valence-electron chi connectivity index (χ0n) is 8.00. The Morgan fingerprint density at radius 2 is 2.07 bits per heavy atom. The zero-order chi connectivity index (χ0) is 11.6. The number of amides is 1. The maximum Gasteiger partial charge on any atom is 0.393 e. The molecule has 0 aliphatic carbocycles. The quantitative estimate of drug-likeness (QED) is 0.671. The van der Waals surface area contributed by atoms with Crippen LogP contribution in [0.5, 0.6) is 0 Å². The highest BCUT2D eigenvalue weighted by Crippen LogP contribution is 2.37. The molecule has 7 heteroatoms. The Morgan fingerprint density at radius 3 is 2.40 bits per heavy atom. The minimum absolute atomic E-state index is 0.0727. The van der Waals surface area contributed by atoms with Crippen LogP contribution in [0.2, 0.25) is 0 Å². The first kappa shape index (κ1) is 12.3. The van der Waals surface area contributed by atoms with Crippen molar-refractivity contribution >= 4 is 5.91 Å². The number of alkyl halides is 3. The summed E-state index contributed by atoms with van der Waals surface area (Å²) in [6, 6.07) is 0. The van der Waals surface area contributed by atoms with Gasteiger partial charge in [0, 0.05) is 25.6 Å². The van der Waals surface area contributed by atoms with Gasteiger partial charge in [0.25, 0.3) is 0 Å². The number of carbonyl (C=O) groups excluding carboxylic acids is 1. The largest absolute Gasteiger partial charge is 0.396 e. The molecule has 3 N–H and O–H groups in total. The number of aliphatic hydroxyl groups excluding tert-OH is 1. The number of likely N-dealkylation sites (tertiary alicyclic amines) is 1. The number of hydrogen-bond acceptors (Lipinski definition) is 3. The van der Waals surface area contributed by atoms with Gasteiger partial charge in [-0.05, 0) is 0 Å². The molecule has 1 rings (SSSR count). The average molecular weight is 226 g/mol. The number of carbonyl (C=O) groups is 1. The third-order valence-electron chi connectivity index (χ3n) is 2.62. The van der Waals surface area contributed by atoms with Crippen LogP contribution in [0, 0.1) is 11.8 Å². The molecule has 1 aliphatic rings. The van der Waals surface area contributed by atoms with Crippen molar-refractivity contribution in [2.75, 3.05) is 26.2 Å². The maximum atomic E-state index is 12.5. The fourth-order valence-electron chi connectivity index (χ4n) is 1.76. The van der Waals surface area contributed by atoms with Gasteiger partial charge in [-0.15, -0.1) is 0 Å². The van der Waals surface area contributed by atoms with Gasteiger partial charge in [-0.25, -0.2) is 0 Å². The van der Waals surface area contributed by atoms with Crippen molar-refractivity contribution in [3.05, 3.63) is 0 Å². The van der Waals surface area contributed by atoms with E-state index in [1.165, 1.54) is 0 Å². The van der Waals surface area contributed by atoms with Crippen molar-refractivity contribution in [1.29, 1.82) is 0 Å². The molecule has 1 heterocycles. The molecule has 4 nitrogen and oxygen atoms in total. The Morgan fingerprint density at radius 1 is 1.47 bits per heavy atom. The van der Waals surface area contributed by atoms with E-state index in [1.54, 1.807) is 0 Å². The van der Waals surface area contributed by atoms with Crippen LogP contribution >= 0.6 is 0 Å². The lowest BCUT2D eigenvalue weighted by molar-refractivity contribution is -0.183. The van der Waals surface area contributed by atoms with Gasteiger partial charge in [-0.1, -0.05) is 0 Å². The van der Waals surface area contributed by atoms with Crippen LogP contribution in [-0.4, -0.2) is 48.3 Å². The molecule has 1 saturated heterocycles. The molecule has 0 saturated carbocycles. The highest BCUT2D eigenvalue weighted by atomic mass is 19.4. The van der Waals surface area contributed by atoms with Gasteiger partial charge in [-0.3, -0.25) is 4.79 Å². The number of nitrogens with zero attached hydrogens (tertiary/aromatic N) is 1. The van der Waals surface area contributed by atoms with E-state index in [9.17, 15) is 18.0 Å². The Balaban J connectivity index is 2.71. The summed E-state index contributed by atoms with van der Waals surface area (Å²) >= 11 is 0. The molecule has 0 radical (unpaired) electrons. The lowest BCUT2D eigenvalue weighted by Gasteiger charge is -2.18. The zero-order valence-corrected chi connectivity index (χ0v) is 8.00. The number of halogens is 3. The fourth-order valence-corrected chi connectivity index (χ4v) is 1.76. The number of hydrogen-bond donors (Lipinski definition) is 2. The van der Waals surface area contributed by atoms with Crippen molar-refractivity contribution < 1.29 is 23.1 Å². The van der Waals surface area contributed by atoms with E-state index >= 15 is 0 Å². The van der Waals surface area contributed by atoms with Crippen molar-refractivity contribution in [2.24, 2.45) is 17.6 Å². The summed E-state index contributed by atoms with van der Waals surface area (Å²) < 4.78 is 37.4. The first-order chi connectivity index (χ1) is 6.90. The Bertz CT molecular complexity index is 245. The predicted molar refractivity (Wildman–Crippen MR) is 45.8 cm³/mol. The lowest BCUT2D eigenvalue weighted by Crippen LogP contribution is -2.35. The van der Waals surface area contributed by atoms with E-state index in [4.69, 9.17) is 10.8 Å². The molecular formula is C8H13F3N2O2. The van der Waals surface area contributed by atoms with Crippen LogP contribution in [0.15, 0.2) is 0 Å². The molecule has 0 unspecified atom stereocenters. The molecule has 0 spiro atoms. The summed E-state index contributed by atoms with van der Waals surface area (Å²) in [5.41, 5.74) is 5.06. The summed E-state index contributed by atoms with van der Waals surface area (Å²) in [4.78, 5) is 12.2. The SMILES string of the molecule is NCC(=O)N1C[C@H](CO)[C@H](C(F)(F)F)C1. The third kappa shape index (κ3) is 2.60. The summed E-state index contributed by atoms with van der Waals surface area (Å²) in [5.74, 6) is -3.08. The second-order valence-electron chi connectivity index (χ2n) is 3.59. The van der Waals surface area contributed by atoms with Crippen molar-refractivity contribution in [1.82, 2.24) is 4.90 Å². The summed E-state index contributed by atoms with van der Waals surface area (Å²) in [5, 5.41) is 8.80. The molecule has 15 heavy (non-hydrogen) atoms. The molecular weight excluding hydrogens is 213 g/mol. The summed E-state index contributed by atoms with van der Waals surface area (Å²) in [7, 11) is 0. The van der Waals surface area contributed by atoms with Crippen LogP contribution < -0.4 is 5.73 Å². The van der Waals surface area contributed by atoms with E-state index in [1.807, 2.05) is 0 Å². The van der Waals surface area contributed by atoms with Crippen LogP contribution in [0.4, 0.5) is 13.2 Å². The van der Waals surface area contributed by atoms with E-state index in [0.29, 0.717) is 0 Å². The predicted octanol–water partition coefficient (Wildman–Crippen LogP) is -0.426. The minimum Gasteiger partial charge on any atom is -0.396 e. The normalized spacial score (nSPS) is 27.1. The molecule has 0 bridgehead atoms. The molecule has 88 valence electrons. The average Bonchev–Trinajstić information content (AvgIpc) is 2.59. The van der Waals surface area contributed by atoms with Crippen LogP contribution in [-0.2, 0) is 4.79 Å². The van der Waals surface area contributed by atoms with Crippen LogP contribution in [0.3, 0.4) is 0 Å². The van der Waals surface area contributed by atoms with E-state index < -0.39 is 37.1 Å². The van der Waals surface area contributed by atoms with E-state index in [2.05, 4.69) is 0 Å². The summed E-state index contributed by atoms with van der Waals surface area (Å²) in [6.07, 6.45) is -4.38. The Hall–Kier alpha value is -0.820. The van der Waals surface area contributed by atoms with Gasteiger partial charge >= 0.3 is 6.18 Å². The molecule has 2 atom stereocenters.